The van der Waals surface area contributed by atoms with Crippen LogP contribution in [0, 0.1) is 0 Å². The molecule has 3 heterocycles. The molecule has 1 aliphatic rings. The van der Waals surface area contributed by atoms with Crippen molar-refractivity contribution in [2.45, 2.75) is 24.6 Å². The zero-order chi connectivity index (χ0) is 15.4. The first-order chi connectivity index (χ1) is 10.7. The van der Waals surface area contributed by atoms with Crippen LogP contribution in [0.5, 0.6) is 0 Å². The van der Waals surface area contributed by atoms with Gasteiger partial charge in [0.2, 0.25) is 5.91 Å². The Morgan fingerprint density at radius 3 is 3.22 bits per heavy atom. The van der Waals surface area contributed by atoms with Gasteiger partial charge in [0.05, 0.1) is 11.4 Å². The molecular formula is C14H19ClN4O2S2. The van der Waals surface area contributed by atoms with Gasteiger partial charge >= 0.3 is 0 Å². The van der Waals surface area contributed by atoms with E-state index in [-0.39, 0.29) is 23.9 Å². The third-order valence-corrected chi connectivity index (χ3v) is 5.27. The molecule has 2 aromatic heterocycles. The zero-order valence-corrected chi connectivity index (χ0v) is 14.9. The highest BCUT2D eigenvalue weighted by atomic mass is 35.5. The maximum absolute atomic E-state index is 11.8. The molecule has 3 rings (SSSR count). The summed E-state index contributed by atoms with van der Waals surface area (Å²) in [6.45, 7) is 1.74. The first-order valence-electron chi connectivity index (χ1n) is 7.26. The predicted molar refractivity (Wildman–Crippen MR) is 96.8 cm³/mol. The van der Waals surface area contributed by atoms with Gasteiger partial charge in [-0.05, 0) is 19.4 Å². The standard InChI is InChI=1S/C14H18N4O2S2.ClH/c19-12(16-7-10-2-1-3-15-10)9-21-8-11-6-13(20)18-4-5-22-14(18)17-11;/h4-6,10,15H,1-3,7-9H2,(H,16,19);1H. The lowest BCUT2D eigenvalue weighted by molar-refractivity contribution is -0.118. The Morgan fingerprint density at radius 2 is 2.43 bits per heavy atom. The summed E-state index contributed by atoms with van der Waals surface area (Å²) in [6, 6.07) is 1.95. The van der Waals surface area contributed by atoms with Crippen LogP contribution in [0.25, 0.3) is 4.96 Å². The third kappa shape index (κ3) is 4.94. The van der Waals surface area contributed by atoms with Crippen molar-refractivity contribution in [2.75, 3.05) is 18.8 Å². The summed E-state index contributed by atoms with van der Waals surface area (Å²) in [5, 5.41) is 8.13. The van der Waals surface area contributed by atoms with Crippen molar-refractivity contribution in [3.05, 3.63) is 33.7 Å². The average molecular weight is 375 g/mol. The van der Waals surface area contributed by atoms with E-state index in [0.29, 0.717) is 29.1 Å². The van der Waals surface area contributed by atoms with E-state index in [9.17, 15) is 9.59 Å². The smallest absolute Gasteiger partial charge is 0.258 e. The van der Waals surface area contributed by atoms with E-state index >= 15 is 0 Å². The third-order valence-electron chi connectivity index (χ3n) is 3.55. The first kappa shape index (κ1) is 18.3. The molecule has 0 aromatic carbocycles. The number of hydrogen-bond acceptors (Lipinski definition) is 6. The van der Waals surface area contributed by atoms with Crippen molar-refractivity contribution in [1.29, 1.82) is 0 Å². The second kappa shape index (κ2) is 8.68. The van der Waals surface area contributed by atoms with E-state index < -0.39 is 0 Å². The number of rotatable bonds is 6. The molecule has 2 aromatic rings. The van der Waals surface area contributed by atoms with Crippen molar-refractivity contribution >= 4 is 46.4 Å². The van der Waals surface area contributed by atoms with Crippen molar-refractivity contribution in [2.24, 2.45) is 0 Å². The van der Waals surface area contributed by atoms with E-state index in [2.05, 4.69) is 15.6 Å². The second-order valence-electron chi connectivity index (χ2n) is 5.23. The number of thioether (sulfide) groups is 1. The summed E-state index contributed by atoms with van der Waals surface area (Å²) in [6.07, 6.45) is 4.03. The number of carbonyl (C=O) groups is 1. The van der Waals surface area contributed by atoms with Gasteiger partial charge in [0.1, 0.15) is 0 Å². The molecule has 1 unspecified atom stereocenters. The summed E-state index contributed by atoms with van der Waals surface area (Å²) in [5.74, 6) is 0.990. The predicted octanol–water partition coefficient (Wildman–Crippen LogP) is 1.28. The second-order valence-corrected chi connectivity index (χ2v) is 7.09. The molecule has 0 spiro atoms. The van der Waals surface area contributed by atoms with Crippen molar-refractivity contribution < 1.29 is 4.79 Å². The number of carbonyl (C=O) groups excluding carboxylic acids is 1. The molecule has 0 radical (unpaired) electrons. The van der Waals surface area contributed by atoms with Crippen molar-refractivity contribution in [1.82, 2.24) is 20.0 Å². The van der Waals surface area contributed by atoms with Gasteiger partial charge in [0.15, 0.2) is 4.96 Å². The molecule has 1 atom stereocenters. The molecule has 0 saturated carbocycles. The summed E-state index contributed by atoms with van der Waals surface area (Å²) < 4.78 is 1.53. The van der Waals surface area contributed by atoms with Crippen LogP contribution in [0.15, 0.2) is 22.4 Å². The SMILES string of the molecule is Cl.O=C(CSCc1cc(=O)n2ccsc2n1)NCC1CCCN1. The largest absolute Gasteiger partial charge is 0.354 e. The Balaban J connectivity index is 0.00000192. The highest BCUT2D eigenvalue weighted by molar-refractivity contribution is 7.99. The molecule has 1 saturated heterocycles. The fraction of sp³-hybridized carbons (Fsp3) is 0.500. The Morgan fingerprint density at radius 1 is 1.57 bits per heavy atom. The fourth-order valence-corrected chi connectivity index (χ4v) is 3.91. The number of nitrogens with zero attached hydrogens (tertiary/aromatic N) is 2. The topological polar surface area (TPSA) is 75.5 Å². The van der Waals surface area contributed by atoms with Crippen LogP contribution in [0.1, 0.15) is 18.5 Å². The lowest BCUT2D eigenvalue weighted by Gasteiger charge is -2.11. The molecule has 2 N–H and O–H groups in total. The lowest BCUT2D eigenvalue weighted by atomic mass is 10.2. The molecule has 0 bridgehead atoms. The Labute approximate surface area is 148 Å². The van der Waals surface area contributed by atoms with Crippen LogP contribution in [-0.2, 0) is 10.5 Å². The van der Waals surface area contributed by atoms with Gasteiger partial charge in [-0.15, -0.1) is 35.5 Å². The van der Waals surface area contributed by atoms with Gasteiger partial charge in [-0.25, -0.2) is 4.98 Å². The van der Waals surface area contributed by atoms with Gasteiger partial charge < -0.3 is 10.6 Å². The van der Waals surface area contributed by atoms with Gasteiger partial charge in [0.25, 0.3) is 5.56 Å². The number of amides is 1. The summed E-state index contributed by atoms with van der Waals surface area (Å²) >= 11 is 2.91. The maximum atomic E-state index is 11.8. The van der Waals surface area contributed by atoms with Crippen LogP contribution in [-0.4, -0.2) is 40.2 Å². The molecule has 126 valence electrons. The van der Waals surface area contributed by atoms with Gasteiger partial charge in [-0.2, -0.15) is 0 Å². The Kier molecular flexibility index (Phi) is 6.88. The summed E-state index contributed by atoms with van der Waals surface area (Å²) in [4.78, 5) is 28.7. The van der Waals surface area contributed by atoms with Crippen LogP contribution in [0.3, 0.4) is 0 Å². The number of nitrogens with one attached hydrogen (secondary N) is 2. The lowest BCUT2D eigenvalue weighted by Crippen LogP contribution is -2.37. The number of fused-ring (bicyclic) bond motifs is 1. The minimum atomic E-state index is -0.0707. The summed E-state index contributed by atoms with van der Waals surface area (Å²) in [5.41, 5.74) is 0.654. The molecule has 9 heteroatoms. The fourth-order valence-electron chi connectivity index (χ4n) is 2.43. The van der Waals surface area contributed by atoms with Gasteiger partial charge in [0, 0.05) is 36.0 Å². The zero-order valence-electron chi connectivity index (χ0n) is 12.5. The number of thiazole rings is 1. The molecule has 0 aliphatic carbocycles. The molecule has 6 nitrogen and oxygen atoms in total. The minimum absolute atomic E-state index is 0. The van der Waals surface area contributed by atoms with E-state index in [1.807, 2.05) is 5.38 Å². The van der Waals surface area contributed by atoms with E-state index in [4.69, 9.17) is 0 Å². The molecule has 23 heavy (non-hydrogen) atoms. The van der Waals surface area contributed by atoms with Gasteiger partial charge in [-0.1, -0.05) is 0 Å². The van der Waals surface area contributed by atoms with E-state index in [1.165, 1.54) is 40.0 Å². The van der Waals surface area contributed by atoms with Crippen LogP contribution in [0.2, 0.25) is 0 Å². The Hall–Kier alpha value is -1.09. The first-order valence-corrected chi connectivity index (χ1v) is 9.29. The van der Waals surface area contributed by atoms with Crippen LogP contribution in [0.4, 0.5) is 0 Å². The van der Waals surface area contributed by atoms with Gasteiger partial charge in [-0.3, -0.25) is 14.0 Å². The highest BCUT2D eigenvalue weighted by Gasteiger charge is 2.14. The van der Waals surface area contributed by atoms with E-state index in [0.717, 1.165) is 18.7 Å². The van der Waals surface area contributed by atoms with Crippen molar-refractivity contribution in [3.8, 4) is 0 Å². The average Bonchev–Trinajstić information content (AvgIpc) is 3.16. The monoisotopic (exact) mass is 374 g/mol. The molecule has 1 fully saturated rings. The number of hydrogen-bond donors (Lipinski definition) is 2. The minimum Gasteiger partial charge on any atom is -0.354 e. The number of halogens is 1. The summed E-state index contributed by atoms with van der Waals surface area (Å²) in [7, 11) is 0. The van der Waals surface area contributed by atoms with Crippen LogP contribution < -0.4 is 16.2 Å². The van der Waals surface area contributed by atoms with Crippen molar-refractivity contribution in [3.63, 3.8) is 0 Å². The van der Waals surface area contributed by atoms with E-state index in [1.54, 1.807) is 6.20 Å². The molecule has 1 amide bonds. The quantitative estimate of drug-likeness (QED) is 0.796. The number of aromatic nitrogens is 2. The Bertz CT molecular complexity index is 712. The maximum Gasteiger partial charge on any atom is 0.258 e. The molecular weight excluding hydrogens is 356 g/mol. The normalized spacial score (nSPS) is 17.1. The molecule has 1 aliphatic heterocycles. The van der Waals surface area contributed by atoms with Crippen LogP contribution >= 0.6 is 35.5 Å². The highest BCUT2D eigenvalue weighted by Crippen LogP contribution is 2.12.